The van der Waals surface area contributed by atoms with Crippen LogP contribution in [0.3, 0.4) is 0 Å². The fourth-order valence-corrected chi connectivity index (χ4v) is 1.67. The van der Waals surface area contributed by atoms with Gasteiger partial charge in [-0.25, -0.2) is 4.39 Å². The van der Waals surface area contributed by atoms with Gasteiger partial charge in [-0.15, -0.1) is 0 Å². The van der Waals surface area contributed by atoms with Crippen molar-refractivity contribution in [2.75, 3.05) is 0 Å². The molecule has 16 heavy (non-hydrogen) atoms. The zero-order chi connectivity index (χ0) is 11.9. The second kappa shape index (κ2) is 3.61. The topological polar surface area (TPSA) is 79.1 Å². The van der Waals surface area contributed by atoms with E-state index in [0.717, 1.165) is 11.6 Å². The van der Waals surface area contributed by atoms with Gasteiger partial charge in [0.15, 0.2) is 0 Å². The summed E-state index contributed by atoms with van der Waals surface area (Å²) in [7, 11) is 0. The maximum Gasteiger partial charge on any atom is 0.325 e. The molecule has 0 amide bonds. The van der Waals surface area contributed by atoms with Crippen LogP contribution in [-0.4, -0.2) is 16.1 Å². The van der Waals surface area contributed by atoms with Gasteiger partial charge in [-0.05, 0) is 30.2 Å². The van der Waals surface area contributed by atoms with Gasteiger partial charge in [0.05, 0.1) is 5.52 Å². The third kappa shape index (κ3) is 1.55. The molecule has 1 aromatic carbocycles. The van der Waals surface area contributed by atoms with Gasteiger partial charge in [0, 0.05) is 11.6 Å². The first-order chi connectivity index (χ1) is 7.50. The molecule has 0 spiro atoms. The number of aromatic nitrogens is 1. The summed E-state index contributed by atoms with van der Waals surface area (Å²) < 4.78 is 13.6. The molecule has 2 rings (SSSR count). The summed E-state index contributed by atoms with van der Waals surface area (Å²) in [6.45, 7) is 1.81. The zero-order valence-electron chi connectivity index (χ0n) is 8.62. The van der Waals surface area contributed by atoms with Crippen LogP contribution in [0.15, 0.2) is 18.3 Å². The molecule has 0 radical (unpaired) electrons. The second-order valence-electron chi connectivity index (χ2n) is 3.71. The van der Waals surface area contributed by atoms with Crippen LogP contribution >= 0.6 is 0 Å². The van der Waals surface area contributed by atoms with Crippen molar-refractivity contribution >= 4 is 16.9 Å². The molecule has 0 saturated carbocycles. The van der Waals surface area contributed by atoms with Crippen LogP contribution in [0.25, 0.3) is 10.9 Å². The van der Waals surface area contributed by atoms with Gasteiger partial charge < -0.3 is 15.8 Å². The molecule has 0 bridgehead atoms. The molecule has 1 atom stereocenters. The number of hydrogen-bond donors (Lipinski definition) is 3. The Morgan fingerprint density at radius 1 is 1.56 bits per heavy atom. The largest absolute Gasteiger partial charge is 0.480 e. The monoisotopic (exact) mass is 222 g/mol. The van der Waals surface area contributed by atoms with E-state index in [9.17, 15) is 9.18 Å². The number of rotatable bonds is 2. The van der Waals surface area contributed by atoms with E-state index in [2.05, 4.69) is 4.98 Å². The molecule has 0 aliphatic rings. The molecule has 4 nitrogen and oxygen atoms in total. The molecular formula is C11H11FN2O2. The first-order valence-electron chi connectivity index (χ1n) is 4.76. The number of benzene rings is 1. The second-order valence-corrected chi connectivity index (χ2v) is 3.71. The fourth-order valence-electron chi connectivity index (χ4n) is 1.67. The van der Waals surface area contributed by atoms with Crippen LogP contribution in [0, 0.1) is 12.7 Å². The molecular weight excluding hydrogens is 211 g/mol. The van der Waals surface area contributed by atoms with Crippen molar-refractivity contribution in [3.8, 4) is 0 Å². The number of aliphatic carboxylic acids is 1. The number of hydrogen-bond acceptors (Lipinski definition) is 2. The van der Waals surface area contributed by atoms with Crippen LogP contribution < -0.4 is 5.73 Å². The van der Waals surface area contributed by atoms with Crippen molar-refractivity contribution in [1.29, 1.82) is 0 Å². The Labute approximate surface area is 90.9 Å². The van der Waals surface area contributed by atoms with Crippen molar-refractivity contribution in [3.05, 3.63) is 35.3 Å². The Kier molecular flexibility index (Phi) is 2.40. The summed E-state index contributed by atoms with van der Waals surface area (Å²) in [4.78, 5) is 13.5. The fraction of sp³-hybridized carbons (Fsp3) is 0.182. The maximum absolute atomic E-state index is 13.6. The number of aryl methyl sites for hydroxylation is 1. The molecule has 2 aromatic rings. The normalized spacial score (nSPS) is 12.9. The lowest BCUT2D eigenvalue weighted by Gasteiger charge is -2.07. The molecule has 4 N–H and O–H groups in total. The Morgan fingerprint density at radius 2 is 2.25 bits per heavy atom. The third-order valence-electron chi connectivity index (χ3n) is 2.60. The molecule has 5 heteroatoms. The number of carboxylic acids is 1. The van der Waals surface area contributed by atoms with Crippen LogP contribution in [0.4, 0.5) is 4.39 Å². The summed E-state index contributed by atoms with van der Waals surface area (Å²) in [5, 5.41) is 9.42. The summed E-state index contributed by atoms with van der Waals surface area (Å²) in [6.07, 6.45) is 1.67. The van der Waals surface area contributed by atoms with Gasteiger partial charge in [0.2, 0.25) is 0 Å². The highest BCUT2D eigenvalue weighted by atomic mass is 19.1. The van der Waals surface area contributed by atoms with Gasteiger partial charge in [0.25, 0.3) is 0 Å². The molecule has 0 aliphatic carbocycles. The van der Waals surface area contributed by atoms with Gasteiger partial charge in [0.1, 0.15) is 11.9 Å². The van der Waals surface area contributed by atoms with Crippen molar-refractivity contribution in [3.63, 3.8) is 0 Å². The number of halogens is 1. The van der Waals surface area contributed by atoms with E-state index in [0.29, 0.717) is 10.9 Å². The van der Waals surface area contributed by atoms with Crippen LogP contribution in [-0.2, 0) is 4.79 Å². The zero-order valence-corrected chi connectivity index (χ0v) is 8.62. The summed E-state index contributed by atoms with van der Waals surface area (Å²) in [6, 6.07) is 1.55. The molecule has 0 fully saturated rings. The van der Waals surface area contributed by atoms with Gasteiger partial charge >= 0.3 is 5.97 Å². The lowest BCUT2D eigenvalue weighted by atomic mass is 10.0. The highest BCUT2D eigenvalue weighted by Crippen LogP contribution is 2.24. The van der Waals surface area contributed by atoms with E-state index < -0.39 is 17.8 Å². The molecule has 0 aliphatic heterocycles. The summed E-state index contributed by atoms with van der Waals surface area (Å²) in [5.41, 5.74) is 6.93. The quantitative estimate of drug-likeness (QED) is 0.723. The summed E-state index contributed by atoms with van der Waals surface area (Å²) >= 11 is 0. The number of fused-ring (bicyclic) bond motifs is 1. The number of carboxylic acid groups (broad SMARTS) is 1. The van der Waals surface area contributed by atoms with Gasteiger partial charge in [-0.3, -0.25) is 4.79 Å². The minimum atomic E-state index is -1.20. The Hall–Kier alpha value is -1.88. The average Bonchev–Trinajstić information content (AvgIpc) is 2.60. The SMILES string of the molecule is Cc1c[nH]c2c(F)cc(C(N)C(=O)O)cc12. The van der Waals surface area contributed by atoms with E-state index in [1.807, 2.05) is 6.92 Å². The number of nitrogens with two attached hydrogens (primary N) is 1. The Morgan fingerprint density at radius 3 is 2.88 bits per heavy atom. The standard InChI is InChI=1S/C11H11FN2O2/c1-5-4-14-10-7(5)2-6(3-8(10)12)9(13)11(15)16/h2-4,9,14H,13H2,1H3,(H,15,16). The predicted molar refractivity (Wildman–Crippen MR) is 57.6 cm³/mol. The molecule has 1 unspecified atom stereocenters. The molecule has 84 valence electrons. The first kappa shape index (κ1) is 10.6. The molecule has 1 heterocycles. The van der Waals surface area contributed by atoms with Crippen molar-refractivity contribution in [2.24, 2.45) is 5.73 Å². The lowest BCUT2D eigenvalue weighted by molar-refractivity contribution is -0.138. The maximum atomic E-state index is 13.6. The number of H-pyrrole nitrogens is 1. The minimum absolute atomic E-state index is 0.264. The van der Waals surface area contributed by atoms with Crippen molar-refractivity contribution in [2.45, 2.75) is 13.0 Å². The van der Waals surface area contributed by atoms with Crippen molar-refractivity contribution < 1.29 is 14.3 Å². The van der Waals surface area contributed by atoms with Gasteiger partial charge in [-0.2, -0.15) is 0 Å². The highest BCUT2D eigenvalue weighted by Gasteiger charge is 2.17. The van der Waals surface area contributed by atoms with E-state index in [4.69, 9.17) is 10.8 Å². The van der Waals surface area contributed by atoms with E-state index in [1.54, 1.807) is 12.3 Å². The number of nitrogens with one attached hydrogen (secondary N) is 1. The van der Waals surface area contributed by atoms with E-state index >= 15 is 0 Å². The van der Waals surface area contributed by atoms with Gasteiger partial charge in [-0.1, -0.05) is 0 Å². The average molecular weight is 222 g/mol. The third-order valence-corrected chi connectivity index (χ3v) is 2.60. The highest BCUT2D eigenvalue weighted by molar-refractivity contribution is 5.86. The minimum Gasteiger partial charge on any atom is -0.480 e. The van der Waals surface area contributed by atoms with Crippen LogP contribution in [0.2, 0.25) is 0 Å². The number of carbonyl (C=O) groups is 1. The molecule has 0 saturated heterocycles. The van der Waals surface area contributed by atoms with Crippen molar-refractivity contribution in [1.82, 2.24) is 4.98 Å². The van der Waals surface area contributed by atoms with Crippen LogP contribution in [0.5, 0.6) is 0 Å². The smallest absolute Gasteiger partial charge is 0.325 e. The lowest BCUT2D eigenvalue weighted by Crippen LogP contribution is -2.20. The van der Waals surface area contributed by atoms with E-state index in [-0.39, 0.29) is 5.56 Å². The summed E-state index contributed by atoms with van der Waals surface area (Å²) in [5.74, 6) is -1.66. The first-order valence-corrected chi connectivity index (χ1v) is 4.76. The Bertz CT molecular complexity index is 562. The number of aromatic amines is 1. The predicted octanol–water partition coefficient (Wildman–Crippen LogP) is 1.70. The molecule has 1 aromatic heterocycles. The van der Waals surface area contributed by atoms with E-state index in [1.165, 1.54) is 0 Å². The van der Waals surface area contributed by atoms with Crippen LogP contribution in [0.1, 0.15) is 17.2 Å². The Balaban J connectivity index is 2.65.